The summed E-state index contributed by atoms with van der Waals surface area (Å²) < 4.78 is 6.92. The second-order valence-corrected chi connectivity index (χ2v) is 7.46. The van der Waals surface area contributed by atoms with Crippen molar-refractivity contribution in [1.82, 2.24) is 19.9 Å². The maximum Gasteiger partial charge on any atom is 0.255 e. The predicted molar refractivity (Wildman–Crippen MR) is 117 cm³/mol. The highest BCUT2D eigenvalue weighted by atomic mass is 16.5. The van der Waals surface area contributed by atoms with Gasteiger partial charge in [0.2, 0.25) is 5.95 Å². The summed E-state index contributed by atoms with van der Waals surface area (Å²) in [6, 6.07) is 16.7. The van der Waals surface area contributed by atoms with Crippen molar-refractivity contribution in [3.63, 3.8) is 0 Å². The van der Waals surface area contributed by atoms with Crippen molar-refractivity contribution < 1.29 is 14.6 Å². The predicted octanol–water partition coefficient (Wildman–Crippen LogP) is 3.75. The number of aromatic nitrogens is 3. The molecule has 2 aromatic heterocycles. The molecule has 156 valence electrons. The number of hydrogen-bond acceptors (Lipinski definition) is 6. The van der Waals surface area contributed by atoms with Gasteiger partial charge < -0.3 is 20.5 Å². The maximum atomic E-state index is 12.2. The highest BCUT2D eigenvalue weighted by molar-refractivity contribution is 5.97. The fraction of sp³-hybridized carbons (Fsp3) is 0.174. The fourth-order valence-corrected chi connectivity index (χ4v) is 3.38. The average molecular weight is 415 g/mol. The van der Waals surface area contributed by atoms with Crippen LogP contribution in [0.1, 0.15) is 23.2 Å². The standard InChI is InChI=1S/C23H21N5O3/c1-31-17-9-4-14(5-10-17)18-3-2-12-28-21(18)26-23(27-28)25-16-8-11-19(20(29)13-16)22(30)24-15-6-7-15/h2-5,8-13,15,29H,6-7H2,1H3,(H,24,30)(H,25,27). The molecule has 0 radical (unpaired) electrons. The number of carbonyl (C=O) groups is 1. The molecule has 0 unspecified atom stereocenters. The molecule has 1 fully saturated rings. The SMILES string of the molecule is COc1ccc(-c2cccn3nc(Nc4ccc(C(=O)NC5CC5)c(O)c4)nc23)cc1. The molecule has 3 N–H and O–H groups in total. The van der Waals surface area contributed by atoms with Gasteiger partial charge in [-0.3, -0.25) is 4.79 Å². The number of phenols is 1. The molecule has 1 saturated carbocycles. The highest BCUT2D eigenvalue weighted by Gasteiger charge is 2.25. The number of hydrogen-bond donors (Lipinski definition) is 3. The second-order valence-electron chi connectivity index (χ2n) is 7.46. The number of phenolic OH excluding ortho intramolecular Hbond substituents is 1. The zero-order valence-electron chi connectivity index (χ0n) is 16.9. The van der Waals surface area contributed by atoms with Crippen LogP contribution in [0.25, 0.3) is 16.8 Å². The zero-order chi connectivity index (χ0) is 21.4. The Kier molecular flexibility index (Phi) is 4.66. The molecule has 0 spiro atoms. The molecule has 1 aliphatic rings. The third kappa shape index (κ3) is 3.87. The molecule has 5 rings (SSSR count). The van der Waals surface area contributed by atoms with Crippen LogP contribution in [0, 0.1) is 0 Å². The minimum Gasteiger partial charge on any atom is -0.507 e. The third-order valence-electron chi connectivity index (χ3n) is 5.17. The van der Waals surface area contributed by atoms with Crippen LogP contribution >= 0.6 is 0 Å². The van der Waals surface area contributed by atoms with E-state index < -0.39 is 0 Å². The van der Waals surface area contributed by atoms with Crippen LogP contribution in [0.4, 0.5) is 11.6 Å². The molecular weight excluding hydrogens is 394 g/mol. The van der Waals surface area contributed by atoms with Crippen LogP contribution in [0.15, 0.2) is 60.8 Å². The van der Waals surface area contributed by atoms with E-state index in [4.69, 9.17) is 4.74 Å². The smallest absolute Gasteiger partial charge is 0.255 e. The van der Waals surface area contributed by atoms with Crippen molar-refractivity contribution in [2.24, 2.45) is 0 Å². The lowest BCUT2D eigenvalue weighted by molar-refractivity contribution is 0.0948. The van der Waals surface area contributed by atoms with E-state index in [1.165, 1.54) is 6.07 Å². The van der Waals surface area contributed by atoms with Crippen LogP contribution in [0.3, 0.4) is 0 Å². The van der Waals surface area contributed by atoms with Gasteiger partial charge in [0.25, 0.3) is 5.91 Å². The number of nitrogens with zero attached hydrogens (tertiary/aromatic N) is 3. The lowest BCUT2D eigenvalue weighted by Gasteiger charge is -2.08. The van der Waals surface area contributed by atoms with Gasteiger partial charge in [0.1, 0.15) is 11.5 Å². The summed E-state index contributed by atoms with van der Waals surface area (Å²) in [7, 11) is 1.63. The number of aromatic hydroxyl groups is 1. The molecule has 31 heavy (non-hydrogen) atoms. The first-order valence-electron chi connectivity index (χ1n) is 10.0. The summed E-state index contributed by atoms with van der Waals surface area (Å²) in [5.41, 5.74) is 3.46. The van der Waals surface area contributed by atoms with Crippen molar-refractivity contribution in [3.05, 3.63) is 66.4 Å². The lowest BCUT2D eigenvalue weighted by atomic mass is 10.1. The fourth-order valence-electron chi connectivity index (χ4n) is 3.38. The van der Waals surface area contributed by atoms with Crippen molar-refractivity contribution in [2.45, 2.75) is 18.9 Å². The Morgan fingerprint density at radius 1 is 1.16 bits per heavy atom. The van der Waals surface area contributed by atoms with Gasteiger partial charge in [-0.1, -0.05) is 12.1 Å². The van der Waals surface area contributed by atoms with Crippen LogP contribution in [-0.4, -0.2) is 38.8 Å². The number of rotatable bonds is 6. The Hall–Kier alpha value is -4.07. The molecule has 0 aliphatic heterocycles. The highest BCUT2D eigenvalue weighted by Crippen LogP contribution is 2.28. The first-order chi connectivity index (χ1) is 15.1. The number of methoxy groups -OCH3 is 1. The van der Waals surface area contributed by atoms with Crippen LogP contribution in [0.2, 0.25) is 0 Å². The summed E-state index contributed by atoms with van der Waals surface area (Å²) in [4.78, 5) is 16.8. The number of amides is 1. The van der Waals surface area contributed by atoms with Gasteiger partial charge >= 0.3 is 0 Å². The maximum absolute atomic E-state index is 12.2. The van der Waals surface area contributed by atoms with Crippen molar-refractivity contribution in [1.29, 1.82) is 0 Å². The number of anilines is 2. The molecule has 1 aliphatic carbocycles. The number of nitrogens with one attached hydrogen (secondary N) is 2. The Labute approximate surface area is 178 Å². The largest absolute Gasteiger partial charge is 0.507 e. The van der Waals surface area contributed by atoms with E-state index in [0.29, 0.717) is 17.3 Å². The summed E-state index contributed by atoms with van der Waals surface area (Å²) >= 11 is 0. The number of ether oxygens (including phenoxy) is 1. The molecule has 0 atom stereocenters. The first-order valence-corrected chi connectivity index (χ1v) is 10.0. The molecule has 1 amide bonds. The van der Waals surface area contributed by atoms with Gasteiger partial charge in [-0.2, -0.15) is 4.98 Å². The molecule has 2 heterocycles. The second kappa shape index (κ2) is 7.64. The number of carbonyl (C=O) groups excluding carboxylic acids is 1. The molecule has 2 aromatic carbocycles. The number of pyridine rings is 1. The summed E-state index contributed by atoms with van der Waals surface area (Å²) in [6.45, 7) is 0. The van der Waals surface area contributed by atoms with Crippen molar-refractivity contribution in [3.8, 4) is 22.6 Å². The van der Waals surface area contributed by atoms with E-state index in [2.05, 4.69) is 20.7 Å². The van der Waals surface area contributed by atoms with E-state index in [-0.39, 0.29) is 23.3 Å². The zero-order valence-corrected chi connectivity index (χ0v) is 16.9. The summed E-state index contributed by atoms with van der Waals surface area (Å²) in [5.74, 6) is 0.816. The van der Waals surface area contributed by atoms with Gasteiger partial charge in [0, 0.05) is 29.6 Å². The normalized spacial score (nSPS) is 13.2. The minimum atomic E-state index is -0.262. The number of fused-ring (bicyclic) bond motifs is 1. The monoisotopic (exact) mass is 415 g/mol. The van der Waals surface area contributed by atoms with Crippen LogP contribution < -0.4 is 15.4 Å². The average Bonchev–Trinajstić information content (AvgIpc) is 3.49. The van der Waals surface area contributed by atoms with E-state index in [0.717, 1.165) is 29.7 Å². The van der Waals surface area contributed by atoms with Crippen molar-refractivity contribution in [2.75, 3.05) is 12.4 Å². The van der Waals surface area contributed by atoms with Crippen molar-refractivity contribution >= 4 is 23.2 Å². The van der Waals surface area contributed by atoms with Gasteiger partial charge in [-0.25, -0.2) is 4.52 Å². The molecule has 0 saturated heterocycles. The Morgan fingerprint density at radius 3 is 2.68 bits per heavy atom. The van der Waals surface area contributed by atoms with Crippen LogP contribution in [0.5, 0.6) is 11.5 Å². The van der Waals surface area contributed by atoms with E-state index in [1.807, 2.05) is 42.6 Å². The summed E-state index contributed by atoms with van der Waals surface area (Å²) in [5, 5.41) is 20.7. The lowest BCUT2D eigenvalue weighted by Crippen LogP contribution is -2.25. The van der Waals surface area contributed by atoms with Gasteiger partial charge in [0.15, 0.2) is 5.65 Å². The molecule has 4 aromatic rings. The molecular formula is C23H21N5O3. The Morgan fingerprint density at radius 2 is 1.97 bits per heavy atom. The summed E-state index contributed by atoms with van der Waals surface area (Å²) in [6.07, 6.45) is 3.80. The first kappa shape index (κ1) is 18.9. The number of benzene rings is 2. The molecule has 8 nitrogen and oxygen atoms in total. The van der Waals surface area contributed by atoms with Crippen LogP contribution in [-0.2, 0) is 0 Å². The molecule has 0 bridgehead atoms. The molecule has 8 heteroatoms. The van der Waals surface area contributed by atoms with E-state index >= 15 is 0 Å². The topological polar surface area (TPSA) is 101 Å². The van der Waals surface area contributed by atoms with E-state index in [1.54, 1.807) is 23.8 Å². The Balaban J connectivity index is 1.40. The van der Waals surface area contributed by atoms with Gasteiger partial charge in [0.05, 0.1) is 12.7 Å². The van der Waals surface area contributed by atoms with Gasteiger partial charge in [-0.15, -0.1) is 5.10 Å². The Bertz CT molecular complexity index is 1260. The van der Waals surface area contributed by atoms with E-state index in [9.17, 15) is 9.90 Å². The minimum absolute atomic E-state index is 0.0918. The van der Waals surface area contributed by atoms with Gasteiger partial charge in [-0.05, 0) is 54.8 Å². The quantitative estimate of drug-likeness (QED) is 0.443. The third-order valence-corrected chi connectivity index (χ3v) is 5.17.